The van der Waals surface area contributed by atoms with Gasteiger partial charge in [-0.25, -0.2) is 0 Å². The molecule has 180 valence electrons. The first-order valence-electron chi connectivity index (χ1n) is 11.4. The number of rotatable bonds is 11. The van der Waals surface area contributed by atoms with Crippen molar-refractivity contribution >= 4 is 38.5 Å². The summed E-state index contributed by atoms with van der Waals surface area (Å²) in [6, 6.07) is 0. The third-order valence-electron chi connectivity index (χ3n) is 7.09. The lowest BCUT2D eigenvalue weighted by Crippen LogP contribution is -2.48. The molecule has 0 N–H and O–H groups in total. The molecule has 0 radical (unpaired) electrons. The first kappa shape index (κ1) is 30.3. The van der Waals surface area contributed by atoms with Crippen LogP contribution in [0.4, 0.5) is 0 Å². The van der Waals surface area contributed by atoms with E-state index in [1.54, 1.807) is 6.92 Å². The molecule has 30 heavy (non-hydrogen) atoms. The van der Waals surface area contributed by atoms with E-state index >= 15 is 0 Å². The Kier molecular flexibility index (Phi) is 11.6. The Labute approximate surface area is 197 Å². The molecule has 0 aliphatic rings. The van der Waals surface area contributed by atoms with Gasteiger partial charge in [0.1, 0.15) is 10.9 Å². The Hall–Kier alpha value is 0.304. The summed E-state index contributed by atoms with van der Waals surface area (Å²) in [5, 5.41) is 0.300. The third-order valence-corrected chi connectivity index (χ3v) is 16.5. The number of alkyl halides is 1. The SMILES string of the molecule is CC[C@@H](O[Si](C)(C)C(C)(C)C)[C@H](C)[C@H](CCO[Si](C)(C)C(C)(C)C)OC(=O)C(C)Br. The molecule has 0 aromatic heterocycles. The number of esters is 1. The minimum Gasteiger partial charge on any atom is -0.461 e. The minimum absolute atomic E-state index is 0.0576. The summed E-state index contributed by atoms with van der Waals surface area (Å²) in [5.41, 5.74) is 0. The number of ether oxygens (including phenoxy) is 1. The predicted octanol–water partition coefficient (Wildman–Crippen LogP) is 7.53. The Morgan fingerprint density at radius 3 is 1.73 bits per heavy atom. The lowest BCUT2D eigenvalue weighted by molar-refractivity contribution is -0.153. The van der Waals surface area contributed by atoms with E-state index in [4.69, 9.17) is 13.6 Å². The molecule has 0 rings (SSSR count). The maximum Gasteiger partial charge on any atom is 0.319 e. The van der Waals surface area contributed by atoms with Crippen LogP contribution in [0.1, 0.15) is 75.2 Å². The Morgan fingerprint density at radius 2 is 1.37 bits per heavy atom. The van der Waals surface area contributed by atoms with Gasteiger partial charge in [0.15, 0.2) is 16.6 Å². The van der Waals surface area contributed by atoms with Crippen LogP contribution < -0.4 is 0 Å². The second-order valence-corrected chi connectivity index (χ2v) is 22.6. The topological polar surface area (TPSA) is 44.8 Å². The fraction of sp³-hybridized carbons (Fsp3) is 0.957. The molecular formula is C23H49BrO4Si2. The van der Waals surface area contributed by atoms with Crippen molar-refractivity contribution in [2.75, 3.05) is 6.61 Å². The summed E-state index contributed by atoms with van der Waals surface area (Å²) in [6.07, 6.45) is 1.42. The molecule has 7 heteroatoms. The monoisotopic (exact) mass is 524 g/mol. The summed E-state index contributed by atoms with van der Waals surface area (Å²) in [6.45, 7) is 29.3. The molecule has 0 heterocycles. The van der Waals surface area contributed by atoms with Crippen molar-refractivity contribution in [3.05, 3.63) is 0 Å². The average Bonchev–Trinajstić information content (AvgIpc) is 2.55. The van der Waals surface area contributed by atoms with Gasteiger partial charge < -0.3 is 13.6 Å². The van der Waals surface area contributed by atoms with Crippen molar-refractivity contribution in [2.24, 2.45) is 5.92 Å². The van der Waals surface area contributed by atoms with Crippen LogP contribution in [0.25, 0.3) is 0 Å². The van der Waals surface area contributed by atoms with Gasteiger partial charge in [-0.1, -0.05) is 71.3 Å². The van der Waals surface area contributed by atoms with Gasteiger partial charge in [-0.2, -0.15) is 0 Å². The quantitative estimate of drug-likeness (QED) is 0.159. The molecule has 0 amide bonds. The van der Waals surface area contributed by atoms with Crippen LogP contribution >= 0.6 is 15.9 Å². The van der Waals surface area contributed by atoms with Gasteiger partial charge >= 0.3 is 5.97 Å². The normalized spacial score (nSPS) is 17.9. The van der Waals surface area contributed by atoms with E-state index in [1.165, 1.54) is 0 Å². The van der Waals surface area contributed by atoms with Crippen LogP contribution in [-0.2, 0) is 18.4 Å². The highest BCUT2D eigenvalue weighted by atomic mass is 79.9. The smallest absolute Gasteiger partial charge is 0.319 e. The number of carbonyl (C=O) groups is 1. The van der Waals surface area contributed by atoms with E-state index in [1.807, 2.05) is 0 Å². The number of hydrogen-bond acceptors (Lipinski definition) is 4. The zero-order valence-corrected chi connectivity index (χ0v) is 25.5. The summed E-state index contributed by atoms with van der Waals surface area (Å²) < 4.78 is 19.1. The van der Waals surface area contributed by atoms with Crippen LogP contribution in [0, 0.1) is 5.92 Å². The van der Waals surface area contributed by atoms with E-state index < -0.39 is 16.6 Å². The average molecular weight is 526 g/mol. The molecule has 1 unspecified atom stereocenters. The molecule has 0 spiro atoms. The fourth-order valence-electron chi connectivity index (χ4n) is 2.68. The van der Waals surface area contributed by atoms with Gasteiger partial charge in [0.25, 0.3) is 0 Å². The maximum atomic E-state index is 12.4. The molecule has 0 saturated carbocycles. The first-order valence-corrected chi connectivity index (χ1v) is 18.2. The Bertz CT molecular complexity index is 536. The van der Waals surface area contributed by atoms with Crippen LogP contribution in [-0.4, -0.2) is 46.2 Å². The van der Waals surface area contributed by atoms with Gasteiger partial charge in [-0.15, -0.1) is 0 Å². The van der Waals surface area contributed by atoms with Gasteiger partial charge in [-0.3, -0.25) is 4.79 Å². The number of carbonyl (C=O) groups excluding carboxylic acids is 1. The molecule has 0 bridgehead atoms. The van der Waals surface area contributed by atoms with Crippen molar-refractivity contribution in [3.63, 3.8) is 0 Å². The largest absolute Gasteiger partial charge is 0.461 e. The maximum absolute atomic E-state index is 12.4. The molecule has 4 atom stereocenters. The fourth-order valence-corrected chi connectivity index (χ4v) is 5.34. The van der Waals surface area contributed by atoms with Crippen LogP contribution in [0.3, 0.4) is 0 Å². The summed E-state index contributed by atoms with van der Waals surface area (Å²) in [7, 11) is -3.76. The molecule has 0 fully saturated rings. The highest BCUT2D eigenvalue weighted by Crippen LogP contribution is 2.39. The van der Waals surface area contributed by atoms with Gasteiger partial charge in [0.2, 0.25) is 0 Å². The van der Waals surface area contributed by atoms with E-state index in [0.29, 0.717) is 13.0 Å². The van der Waals surface area contributed by atoms with E-state index in [9.17, 15) is 4.79 Å². The van der Waals surface area contributed by atoms with E-state index in [-0.39, 0.29) is 39.0 Å². The van der Waals surface area contributed by atoms with E-state index in [2.05, 4.69) is 97.5 Å². The number of halogens is 1. The van der Waals surface area contributed by atoms with Crippen molar-refractivity contribution in [3.8, 4) is 0 Å². The molecule has 0 aromatic rings. The molecule has 4 nitrogen and oxygen atoms in total. The second-order valence-electron chi connectivity index (χ2n) is 11.7. The molecule has 0 aromatic carbocycles. The van der Waals surface area contributed by atoms with Crippen molar-refractivity contribution < 1.29 is 18.4 Å². The zero-order valence-electron chi connectivity index (χ0n) is 21.9. The molecule has 0 aliphatic carbocycles. The molecular weight excluding hydrogens is 476 g/mol. The lowest BCUT2D eigenvalue weighted by Gasteiger charge is -2.42. The van der Waals surface area contributed by atoms with Crippen LogP contribution in [0.2, 0.25) is 36.3 Å². The standard InChI is InChI=1S/C23H49BrO4Si2/c1-14-19(28-30(12,13)23(7,8)9)17(2)20(27-21(25)18(3)24)15-16-26-29(10,11)22(4,5)6/h17-20H,14-16H2,1-13H3/t17-,18?,19+,20-/m0/s1. The summed E-state index contributed by atoms with van der Waals surface area (Å²) in [4.78, 5) is 12.1. The summed E-state index contributed by atoms with van der Waals surface area (Å²) in [5.74, 6) is -0.122. The highest BCUT2D eigenvalue weighted by Gasteiger charge is 2.42. The summed E-state index contributed by atoms with van der Waals surface area (Å²) >= 11 is 3.35. The Balaban J connectivity index is 5.45. The van der Waals surface area contributed by atoms with Gasteiger partial charge in [0.05, 0.1) is 6.10 Å². The van der Waals surface area contributed by atoms with Crippen LogP contribution in [0.15, 0.2) is 0 Å². The minimum atomic E-state index is -1.92. The number of hydrogen-bond donors (Lipinski definition) is 0. The highest BCUT2D eigenvalue weighted by molar-refractivity contribution is 9.10. The van der Waals surface area contributed by atoms with Crippen molar-refractivity contribution in [2.45, 2.75) is 128 Å². The Morgan fingerprint density at radius 1 is 0.900 bits per heavy atom. The third kappa shape index (κ3) is 9.04. The second kappa shape index (κ2) is 11.4. The van der Waals surface area contributed by atoms with E-state index in [0.717, 1.165) is 6.42 Å². The lowest BCUT2D eigenvalue weighted by atomic mass is 9.94. The van der Waals surface area contributed by atoms with Crippen molar-refractivity contribution in [1.29, 1.82) is 0 Å². The van der Waals surface area contributed by atoms with Crippen LogP contribution in [0.5, 0.6) is 0 Å². The molecule has 0 saturated heterocycles. The zero-order chi connectivity index (χ0) is 24.1. The first-order chi connectivity index (χ1) is 13.3. The van der Waals surface area contributed by atoms with Crippen molar-refractivity contribution in [1.82, 2.24) is 0 Å². The van der Waals surface area contributed by atoms with Gasteiger partial charge in [0, 0.05) is 18.9 Å². The predicted molar refractivity (Wildman–Crippen MR) is 138 cm³/mol. The van der Waals surface area contributed by atoms with Gasteiger partial charge in [-0.05, 0) is 49.6 Å². The molecule has 0 aliphatic heterocycles.